The third-order valence-electron chi connectivity index (χ3n) is 4.73. The van der Waals surface area contributed by atoms with Gasteiger partial charge in [-0.25, -0.2) is 0 Å². The van der Waals surface area contributed by atoms with E-state index in [1.165, 1.54) is 5.56 Å². The molecule has 0 saturated heterocycles. The van der Waals surface area contributed by atoms with Gasteiger partial charge in [-0.3, -0.25) is 19.7 Å². The van der Waals surface area contributed by atoms with Gasteiger partial charge in [-0.1, -0.05) is 30.3 Å². The average Bonchev–Trinajstić information content (AvgIpc) is 2.76. The molecule has 0 spiro atoms. The first-order valence-electron chi connectivity index (χ1n) is 9.97. The predicted octanol–water partition coefficient (Wildman–Crippen LogP) is 1.89. The molecular weight excluding hydrogens is 364 g/mol. The van der Waals surface area contributed by atoms with E-state index in [0.717, 1.165) is 25.5 Å². The Labute approximate surface area is 173 Å². The molecule has 0 bridgehead atoms. The minimum atomic E-state index is -0.127. The van der Waals surface area contributed by atoms with Crippen LogP contribution in [-0.2, 0) is 6.54 Å². The molecule has 3 N–H and O–H groups in total. The van der Waals surface area contributed by atoms with Crippen molar-refractivity contribution in [3.8, 4) is 0 Å². The second-order valence-electron chi connectivity index (χ2n) is 6.96. The first-order chi connectivity index (χ1) is 14.1. The van der Waals surface area contributed by atoms with Gasteiger partial charge in [-0.15, -0.1) is 0 Å². The van der Waals surface area contributed by atoms with Crippen molar-refractivity contribution in [1.29, 1.82) is 0 Å². The SMILES string of the molecule is CN=C(NCCNC(=O)c1cccnc1)NCCC(C)N(C)Cc1ccccc1. The van der Waals surface area contributed by atoms with Crippen LogP contribution in [0.2, 0.25) is 0 Å². The molecule has 1 amide bonds. The Bertz CT molecular complexity index is 750. The quantitative estimate of drug-likeness (QED) is 0.325. The van der Waals surface area contributed by atoms with Crippen molar-refractivity contribution in [3.05, 3.63) is 66.0 Å². The molecule has 1 unspecified atom stereocenters. The number of hydrogen-bond acceptors (Lipinski definition) is 4. The number of hydrogen-bond donors (Lipinski definition) is 3. The van der Waals surface area contributed by atoms with Crippen molar-refractivity contribution in [2.24, 2.45) is 4.99 Å². The molecule has 1 aromatic carbocycles. The zero-order valence-corrected chi connectivity index (χ0v) is 17.6. The second-order valence-corrected chi connectivity index (χ2v) is 6.96. The lowest BCUT2D eigenvalue weighted by molar-refractivity contribution is 0.0954. The van der Waals surface area contributed by atoms with E-state index in [2.05, 4.69) is 69.1 Å². The van der Waals surface area contributed by atoms with Crippen molar-refractivity contribution in [3.63, 3.8) is 0 Å². The number of amides is 1. The monoisotopic (exact) mass is 396 g/mol. The van der Waals surface area contributed by atoms with Crippen LogP contribution in [0.15, 0.2) is 59.9 Å². The Morgan fingerprint density at radius 3 is 2.48 bits per heavy atom. The molecule has 7 heteroatoms. The standard InChI is InChI=1S/C22H32N6O/c1-18(28(3)17-19-8-5-4-6-9-19)11-13-26-22(23-2)27-15-14-25-21(29)20-10-7-12-24-16-20/h4-10,12,16,18H,11,13-15,17H2,1-3H3,(H,25,29)(H2,23,26,27). The molecule has 0 radical (unpaired) electrons. The highest BCUT2D eigenvalue weighted by molar-refractivity contribution is 5.93. The van der Waals surface area contributed by atoms with Gasteiger partial charge in [0.15, 0.2) is 5.96 Å². The molecule has 156 valence electrons. The summed E-state index contributed by atoms with van der Waals surface area (Å²) in [6, 6.07) is 14.4. The largest absolute Gasteiger partial charge is 0.356 e. The van der Waals surface area contributed by atoms with Gasteiger partial charge < -0.3 is 16.0 Å². The summed E-state index contributed by atoms with van der Waals surface area (Å²) in [5, 5.41) is 9.40. The first-order valence-corrected chi connectivity index (χ1v) is 9.97. The summed E-state index contributed by atoms with van der Waals surface area (Å²) in [6.45, 7) is 5.09. The van der Waals surface area contributed by atoms with E-state index in [-0.39, 0.29) is 5.91 Å². The molecule has 0 aliphatic rings. The number of benzene rings is 1. The summed E-state index contributed by atoms with van der Waals surface area (Å²) < 4.78 is 0. The normalized spacial score (nSPS) is 12.5. The summed E-state index contributed by atoms with van der Waals surface area (Å²) in [7, 11) is 3.89. The Morgan fingerprint density at radius 1 is 1.07 bits per heavy atom. The number of aliphatic imine (C=N–C) groups is 1. The maximum Gasteiger partial charge on any atom is 0.252 e. The smallest absolute Gasteiger partial charge is 0.252 e. The molecule has 1 atom stereocenters. The number of nitrogens with one attached hydrogen (secondary N) is 3. The third kappa shape index (κ3) is 8.31. The van der Waals surface area contributed by atoms with Crippen LogP contribution in [0.1, 0.15) is 29.3 Å². The van der Waals surface area contributed by atoms with E-state index in [1.54, 1.807) is 31.6 Å². The topological polar surface area (TPSA) is 81.6 Å². The number of nitrogens with zero attached hydrogens (tertiary/aromatic N) is 3. The molecule has 1 heterocycles. The van der Waals surface area contributed by atoms with Gasteiger partial charge in [-0.2, -0.15) is 0 Å². The zero-order chi connectivity index (χ0) is 20.9. The number of pyridine rings is 1. The van der Waals surface area contributed by atoms with E-state index in [1.807, 2.05) is 6.07 Å². The van der Waals surface area contributed by atoms with Gasteiger partial charge in [0.25, 0.3) is 5.91 Å². The fraction of sp³-hybridized carbons (Fsp3) is 0.409. The minimum Gasteiger partial charge on any atom is -0.356 e. The van der Waals surface area contributed by atoms with Gasteiger partial charge in [0.1, 0.15) is 0 Å². The average molecular weight is 397 g/mol. The molecule has 2 aromatic rings. The fourth-order valence-electron chi connectivity index (χ4n) is 2.82. The van der Waals surface area contributed by atoms with Crippen molar-refractivity contribution in [2.75, 3.05) is 33.7 Å². The summed E-state index contributed by atoms with van der Waals surface area (Å²) in [5.41, 5.74) is 1.88. The summed E-state index contributed by atoms with van der Waals surface area (Å²) in [4.78, 5) is 22.5. The molecule has 0 saturated carbocycles. The fourth-order valence-corrected chi connectivity index (χ4v) is 2.82. The summed E-state index contributed by atoms with van der Waals surface area (Å²) >= 11 is 0. The zero-order valence-electron chi connectivity index (χ0n) is 17.6. The van der Waals surface area contributed by atoms with Gasteiger partial charge in [0, 0.05) is 51.7 Å². The molecule has 1 aromatic heterocycles. The third-order valence-corrected chi connectivity index (χ3v) is 4.73. The van der Waals surface area contributed by atoms with Crippen LogP contribution in [-0.4, -0.2) is 61.5 Å². The lowest BCUT2D eigenvalue weighted by atomic mass is 10.1. The van der Waals surface area contributed by atoms with Gasteiger partial charge >= 0.3 is 0 Å². The number of guanidine groups is 1. The second kappa shape index (κ2) is 12.5. The minimum absolute atomic E-state index is 0.127. The van der Waals surface area contributed by atoms with Crippen molar-refractivity contribution < 1.29 is 4.79 Å². The predicted molar refractivity (Wildman–Crippen MR) is 118 cm³/mol. The van der Waals surface area contributed by atoms with Crippen LogP contribution >= 0.6 is 0 Å². The molecule has 7 nitrogen and oxygen atoms in total. The summed E-state index contributed by atoms with van der Waals surface area (Å²) in [6.07, 6.45) is 4.20. The molecule has 0 aliphatic carbocycles. The van der Waals surface area contributed by atoms with Gasteiger partial charge in [0.2, 0.25) is 0 Å². The van der Waals surface area contributed by atoms with Crippen molar-refractivity contribution in [2.45, 2.75) is 25.9 Å². The van der Waals surface area contributed by atoms with Crippen LogP contribution in [0.3, 0.4) is 0 Å². The van der Waals surface area contributed by atoms with E-state index >= 15 is 0 Å². The number of carbonyl (C=O) groups excluding carboxylic acids is 1. The molecule has 0 fully saturated rings. The molecule has 29 heavy (non-hydrogen) atoms. The molecule has 0 aliphatic heterocycles. The lowest BCUT2D eigenvalue weighted by Crippen LogP contribution is -2.43. The highest BCUT2D eigenvalue weighted by Gasteiger charge is 2.10. The van der Waals surface area contributed by atoms with Crippen LogP contribution in [0.4, 0.5) is 0 Å². The van der Waals surface area contributed by atoms with Gasteiger partial charge in [0.05, 0.1) is 5.56 Å². The Morgan fingerprint density at radius 2 is 1.79 bits per heavy atom. The van der Waals surface area contributed by atoms with E-state index in [9.17, 15) is 4.79 Å². The van der Waals surface area contributed by atoms with Crippen LogP contribution in [0.5, 0.6) is 0 Å². The van der Waals surface area contributed by atoms with E-state index in [0.29, 0.717) is 24.7 Å². The van der Waals surface area contributed by atoms with Crippen LogP contribution < -0.4 is 16.0 Å². The van der Waals surface area contributed by atoms with Crippen LogP contribution in [0, 0.1) is 0 Å². The Kier molecular flexibility index (Phi) is 9.65. The molecular formula is C22H32N6O. The van der Waals surface area contributed by atoms with E-state index in [4.69, 9.17) is 0 Å². The highest BCUT2D eigenvalue weighted by Crippen LogP contribution is 2.07. The highest BCUT2D eigenvalue weighted by atomic mass is 16.1. The van der Waals surface area contributed by atoms with Crippen LogP contribution in [0.25, 0.3) is 0 Å². The number of rotatable bonds is 10. The van der Waals surface area contributed by atoms with Crippen molar-refractivity contribution >= 4 is 11.9 Å². The Balaban J connectivity index is 1.61. The number of aromatic nitrogens is 1. The number of carbonyl (C=O) groups is 1. The maximum absolute atomic E-state index is 12.0. The maximum atomic E-state index is 12.0. The molecule has 2 rings (SSSR count). The first kappa shape index (κ1) is 22.4. The Hall–Kier alpha value is -2.93. The lowest BCUT2D eigenvalue weighted by Gasteiger charge is -2.25. The van der Waals surface area contributed by atoms with Gasteiger partial charge in [-0.05, 0) is 38.1 Å². The van der Waals surface area contributed by atoms with E-state index < -0.39 is 0 Å². The van der Waals surface area contributed by atoms with Crippen molar-refractivity contribution in [1.82, 2.24) is 25.8 Å². The summed E-state index contributed by atoms with van der Waals surface area (Å²) in [5.74, 6) is 0.608.